The molecule has 0 saturated carbocycles. The first-order chi connectivity index (χ1) is 6.80. The molecule has 1 nitrogen and oxygen atoms in total. The quantitative estimate of drug-likeness (QED) is 0.675. The number of nitrogens with one attached hydrogen (secondary N) is 1. The fraction of sp³-hybridized carbons (Fsp3) is 0.571. The minimum atomic E-state index is 0.199. The summed E-state index contributed by atoms with van der Waals surface area (Å²) in [5.74, 6) is 0. The zero-order valence-corrected chi connectivity index (χ0v) is 10.4. The lowest BCUT2D eigenvalue weighted by Gasteiger charge is -2.43. The maximum absolute atomic E-state index is 3.63. The second kappa shape index (κ2) is 3.01. The van der Waals surface area contributed by atoms with Crippen molar-refractivity contribution in [1.29, 1.82) is 0 Å². The number of rotatable bonds is 0. The fourth-order valence-electron chi connectivity index (χ4n) is 2.96. The number of hydrogen-bond donors (Lipinski definition) is 1. The molecule has 2 rings (SSSR count). The number of fused-ring (bicyclic) bond motifs is 1. The van der Waals surface area contributed by atoms with Crippen LogP contribution in [0, 0.1) is 6.92 Å². The van der Waals surface area contributed by atoms with Crippen molar-refractivity contribution in [2.45, 2.75) is 52.0 Å². The summed E-state index contributed by atoms with van der Waals surface area (Å²) >= 11 is 0. The van der Waals surface area contributed by atoms with Gasteiger partial charge in [0.25, 0.3) is 0 Å². The van der Waals surface area contributed by atoms with E-state index in [1.165, 1.54) is 23.2 Å². The van der Waals surface area contributed by atoms with E-state index in [4.69, 9.17) is 0 Å². The lowest BCUT2D eigenvalue weighted by atomic mass is 9.71. The van der Waals surface area contributed by atoms with Crippen LogP contribution >= 0.6 is 0 Å². The van der Waals surface area contributed by atoms with E-state index in [9.17, 15) is 0 Å². The molecule has 0 bridgehead atoms. The molecule has 0 unspecified atom stereocenters. The highest BCUT2D eigenvalue weighted by atomic mass is 15.0. The van der Waals surface area contributed by atoms with Gasteiger partial charge in [-0.2, -0.15) is 0 Å². The summed E-state index contributed by atoms with van der Waals surface area (Å²) in [5, 5.41) is 3.63. The van der Waals surface area contributed by atoms with E-state index in [-0.39, 0.29) is 11.0 Å². The van der Waals surface area contributed by atoms with Gasteiger partial charge in [0, 0.05) is 11.2 Å². The summed E-state index contributed by atoms with van der Waals surface area (Å²) in [5.41, 5.74) is 4.57. The molecule has 0 saturated heterocycles. The summed E-state index contributed by atoms with van der Waals surface area (Å²) in [7, 11) is 0. The van der Waals surface area contributed by atoms with Crippen molar-refractivity contribution in [1.82, 2.24) is 0 Å². The Morgan fingerprint density at radius 1 is 1.13 bits per heavy atom. The fourth-order valence-corrected chi connectivity index (χ4v) is 2.96. The Balaban J connectivity index is 2.55. The van der Waals surface area contributed by atoms with Crippen LogP contribution in [0.2, 0.25) is 0 Å². The van der Waals surface area contributed by atoms with Gasteiger partial charge in [0.05, 0.1) is 0 Å². The molecule has 0 aliphatic carbocycles. The standard InChI is InChI=1S/C14H21N/c1-10-6-7-11-12(8-10)15-14(4,5)9-13(11,2)3/h6-8,15H,9H2,1-5H3. The molecule has 0 aromatic heterocycles. The Kier molecular flexibility index (Phi) is 2.11. The average Bonchev–Trinajstić information content (AvgIpc) is 1.97. The van der Waals surface area contributed by atoms with Gasteiger partial charge in [0.2, 0.25) is 0 Å². The first-order valence-electron chi connectivity index (χ1n) is 5.70. The van der Waals surface area contributed by atoms with E-state index in [0.717, 1.165) is 0 Å². The third kappa shape index (κ3) is 1.88. The van der Waals surface area contributed by atoms with Crippen molar-refractivity contribution in [2.24, 2.45) is 0 Å². The SMILES string of the molecule is Cc1ccc2c(c1)NC(C)(C)CC2(C)C. The van der Waals surface area contributed by atoms with E-state index in [2.05, 4.69) is 58.1 Å². The van der Waals surface area contributed by atoms with Crippen LogP contribution in [0.3, 0.4) is 0 Å². The molecule has 1 aliphatic rings. The zero-order chi connectivity index (χ0) is 11.3. The van der Waals surface area contributed by atoms with Crippen LogP contribution in [0.25, 0.3) is 0 Å². The average molecular weight is 203 g/mol. The van der Waals surface area contributed by atoms with Crippen molar-refractivity contribution in [3.63, 3.8) is 0 Å². The molecular weight excluding hydrogens is 182 g/mol. The predicted molar refractivity (Wildman–Crippen MR) is 66.5 cm³/mol. The van der Waals surface area contributed by atoms with Crippen LogP contribution in [0.15, 0.2) is 18.2 Å². The second-order valence-corrected chi connectivity index (χ2v) is 6.12. The highest BCUT2D eigenvalue weighted by Gasteiger charge is 2.36. The van der Waals surface area contributed by atoms with Crippen LogP contribution < -0.4 is 5.32 Å². The van der Waals surface area contributed by atoms with E-state index in [1.807, 2.05) is 0 Å². The Bertz CT molecular complexity index is 388. The molecule has 1 heteroatoms. The Morgan fingerprint density at radius 2 is 1.80 bits per heavy atom. The molecule has 0 atom stereocenters. The summed E-state index contributed by atoms with van der Waals surface area (Å²) in [6, 6.07) is 6.74. The van der Waals surface area contributed by atoms with Crippen molar-refractivity contribution >= 4 is 5.69 Å². The largest absolute Gasteiger partial charge is 0.380 e. The van der Waals surface area contributed by atoms with Crippen molar-refractivity contribution in [2.75, 3.05) is 5.32 Å². The van der Waals surface area contributed by atoms with Crippen LogP contribution in [0.4, 0.5) is 5.69 Å². The minimum Gasteiger partial charge on any atom is -0.380 e. The number of aryl methyl sites for hydroxylation is 1. The lowest BCUT2D eigenvalue weighted by Crippen LogP contribution is -2.43. The molecule has 1 N–H and O–H groups in total. The van der Waals surface area contributed by atoms with E-state index in [0.29, 0.717) is 0 Å². The molecule has 82 valence electrons. The summed E-state index contributed by atoms with van der Waals surface area (Å²) < 4.78 is 0. The zero-order valence-electron chi connectivity index (χ0n) is 10.4. The van der Waals surface area contributed by atoms with Gasteiger partial charge in [-0.3, -0.25) is 0 Å². The Morgan fingerprint density at radius 3 is 2.47 bits per heavy atom. The number of hydrogen-bond acceptors (Lipinski definition) is 1. The topological polar surface area (TPSA) is 12.0 Å². The van der Waals surface area contributed by atoms with Gasteiger partial charge in [-0.25, -0.2) is 0 Å². The van der Waals surface area contributed by atoms with E-state index < -0.39 is 0 Å². The highest BCUT2D eigenvalue weighted by Crippen LogP contribution is 2.42. The van der Waals surface area contributed by atoms with Gasteiger partial charge < -0.3 is 5.32 Å². The summed E-state index contributed by atoms with van der Waals surface area (Å²) in [4.78, 5) is 0. The molecule has 0 radical (unpaired) electrons. The first-order valence-corrected chi connectivity index (χ1v) is 5.70. The van der Waals surface area contributed by atoms with Crippen molar-refractivity contribution in [3.05, 3.63) is 29.3 Å². The number of benzene rings is 1. The van der Waals surface area contributed by atoms with Crippen LogP contribution in [0.1, 0.15) is 45.2 Å². The third-order valence-electron chi connectivity index (χ3n) is 3.26. The monoisotopic (exact) mass is 203 g/mol. The van der Waals surface area contributed by atoms with E-state index >= 15 is 0 Å². The minimum absolute atomic E-state index is 0.199. The lowest BCUT2D eigenvalue weighted by molar-refractivity contribution is 0.355. The van der Waals surface area contributed by atoms with Gasteiger partial charge in [0.15, 0.2) is 0 Å². The smallest absolute Gasteiger partial charge is 0.0384 e. The Hall–Kier alpha value is -0.980. The highest BCUT2D eigenvalue weighted by molar-refractivity contribution is 5.60. The molecule has 15 heavy (non-hydrogen) atoms. The van der Waals surface area contributed by atoms with Gasteiger partial charge in [0.1, 0.15) is 0 Å². The first kappa shape index (κ1) is 10.5. The molecular formula is C14H21N. The third-order valence-corrected chi connectivity index (χ3v) is 3.26. The van der Waals surface area contributed by atoms with Crippen LogP contribution in [0.5, 0.6) is 0 Å². The molecule has 0 amide bonds. The molecule has 0 spiro atoms. The molecule has 1 aromatic carbocycles. The number of anilines is 1. The van der Waals surface area contributed by atoms with Gasteiger partial charge >= 0.3 is 0 Å². The van der Waals surface area contributed by atoms with Crippen LogP contribution in [-0.4, -0.2) is 5.54 Å². The van der Waals surface area contributed by atoms with Gasteiger partial charge in [-0.15, -0.1) is 0 Å². The van der Waals surface area contributed by atoms with Gasteiger partial charge in [-0.05, 0) is 49.8 Å². The van der Waals surface area contributed by atoms with Crippen molar-refractivity contribution in [3.8, 4) is 0 Å². The molecule has 1 aliphatic heterocycles. The Labute approximate surface area is 92.9 Å². The maximum atomic E-state index is 3.63. The molecule has 0 fully saturated rings. The van der Waals surface area contributed by atoms with Crippen molar-refractivity contribution < 1.29 is 0 Å². The summed E-state index contributed by atoms with van der Waals surface area (Å²) in [6.07, 6.45) is 1.18. The van der Waals surface area contributed by atoms with Crippen LogP contribution in [-0.2, 0) is 5.41 Å². The van der Waals surface area contributed by atoms with Gasteiger partial charge in [-0.1, -0.05) is 26.0 Å². The summed E-state index contributed by atoms with van der Waals surface area (Å²) in [6.45, 7) is 11.4. The molecule has 1 heterocycles. The maximum Gasteiger partial charge on any atom is 0.0384 e. The second-order valence-electron chi connectivity index (χ2n) is 6.12. The normalized spacial score (nSPS) is 21.7. The predicted octanol–water partition coefficient (Wildman–Crippen LogP) is 3.87. The van der Waals surface area contributed by atoms with E-state index in [1.54, 1.807) is 0 Å². The molecule has 1 aromatic rings.